The largest absolute Gasteiger partial charge is 0.396 e. The molecule has 0 saturated carbocycles. The van der Waals surface area contributed by atoms with Crippen molar-refractivity contribution in [2.75, 3.05) is 13.2 Å². The molecule has 1 fully saturated rings. The number of rotatable bonds is 3. The van der Waals surface area contributed by atoms with Gasteiger partial charge in [0.1, 0.15) is 0 Å². The lowest BCUT2D eigenvalue weighted by atomic mass is 9.98. The highest BCUT2D eigenvalue weighted by atomic mass is 79.9. The molecule has 19 heavy (non-hydrogen) atoms. The second-order valence-corrected chi connectivity index (χ2v) is 5.99. The number of benzene rings is 1. The fraction of sp³-hybridized carbons (Fsp3) is 0.500. The fourth-order valence-corrected chi connectivity index (χ4v) is 3.11. The molecule has 2 rings (SSSR count). The fourth-order valence-electron chi connectivity index (χ4n) is 2.54. The van der Waals surface area contributed by atoms with Crippen LogP contribution in [0.2, 0.25) is 5.02 Å². The number of carbonyl (C=O) groups is 1. The van der Waals surface area contributed by atoms with E-state index in [2.05, 4.69) is 15.9 Å². The number of halogens is 2. The van der Waals surface area contributed by atoms with Crippen LogP contribution < -0.4 is 0 Å². The summed E-state index contributed by atoms with van der Waals surface area (Å²) in [5.74, 6) is -0.0375. The molecule has 1 atom stereocenters. The number of aliphatic hydroxyl groups excluding tert-OH is 1. The van der Waals surface area contributed by atoms with Crippen LogP contribution in [0.3, 0.4) is 0 Å². The molecule has 5 heteroatoms. The number of amides is 1. The van der Waals surface area contributed by atoms with Gasteiger partial charge in [-0.2, -0.15) is 0 Å². The van der Waals surface area contributed by atoms with E-state index in [0.717, 1.165) is 30.3 Å². The van der Waals surface area contributed by atoms with Crippen LogP contribution in [0.25, 0.3) is 0 Å². The minimum Gasteiger partial charge on any atom is -0.396 e. The topological polar surface area (TPSA) is 40.5 Å². The SMILES string of the molecule is O=C(c1cccc(Br)c1Cl)N1CCCCC1CCO. The summed E-state index contributed by atoms with van der Waals surface area (Å²) in [6, 6.07) is 5.51. The van der Waals surface area contributed by atoms with Gasteiger partial charge < -0.3 is 10.0 Å². The van der Waals surface area contributed by atoms with Gasteiger partial charge in [0, 0.05) is 23.7 Å². The average Bonchev–Trinajstić information content (AvgIpc) is 2.42. The first-order chi connectivity index (χ1) is 9.15. The zero-order valence-electron chi connectivity index (χ0n) is 10.6. The van der Waals surface area contributed by atoms with Gasteiger partial charge in [0.15, 0.2) is 0 Å². The third-order valence-electron chi connectivity index (χ3n) is 3.53. The number of piperidine rings is 1. The zero-order valence-corrected chi connectivity index (χ0v) is 13.0. The van der Waals surface area contributed by atoms with Crippen LogP contribution in [0.15, 0.2) is 22.7 Å². The first kappa shape index (κ1) is 14.8. The summed E-state index contributed by atoms with van der Waals surface area (Å²) in [6.45, 7) is 0.854. The number of aliphatic hydroxyl groups is 1. The minimum absolute atomic E-state index is 0.0375. The van der Waals surface area contributed by atoms with Crippen molar-refractivity contribution in [3.63, 3.8) is 0 Å². The Labute approximate surface area is 126 Å². The Hall–Kier alpha value is -0.580. The van der Waals surface area contributed by atoms with Gasteiger partial charge in [-0.3, -0.25) is 4.79 Å². The number of hydrogen-bond acceptors (Lipinski definition) is 2. The number of nitrogens with zero attached hydrogens (tertiary/aromatic N) is 1. The molecule has 1 aromatic rings. The smallest absolute Gasteiger partial charge is 0.255 e. The minimum atomic E-state index is -0.0375. The highest BCUT2D eigenvalue weighted by molar-refractivity contribution is 9.10. The molecule has 1 unspecified atom stereocenters. The maximum absolute atomic E-state index is 12.6. The lowest BCUT2D eigenvalue weighted by Crippen LogP contribution is -2.44. The number of likely N-dealkylation sites (tertiary alicyclic amines) is 1. The van der Waals surface area contributed by atoms with Crippen molar-refractivity contribution in [1.29, 1.82) is 0 Å². The molecule has 1 aliphatic rings. The molecule has 0 spiro atoms. The Morgan fingerprint density at radius 1 is 1.47 bits per heavy atom. The molecule has 0 aliphatic carbocycles. The summed E-state index contributed by atoms with van der Waals surface area (Å²) < 4.78 is 0.732. The van der Waals surface area contributed by atoms with E-state index in [1.807, 2.05) is 17.0 Å². The predicted octanol–water partition coefficient (Wildman–Crippen LogP) is 3.48. The molecule has 0 radical (unpaired) electrons. The molecular formula is C14H17BrClNO2. The molecule has 1 amide bonds. The first-order valence-electron chi connectivity index (χ1n) is 6.51. The quantitative estimate of drug-likeness (QED) is 0.910. The third-order valence-corrected chi connectivity index (χ3v) is 4.83. The number of carbonyl (C=O) groups excluding carboxylic acids is 1. The average molecular weight is 347 g/mol. The van der Waals surface area contributed by atoms with Crippen LogP contribution in [-0.2, 0) is 0 Å². The van der Waals surface area contributed by atoms with Gasteiger partial charge in [0.05, 0.1) is 10.6 Å². The van der Waals surface area contributed by atoms with Gasteiger partial charge >= 0.3 is 0 Å². The third kappa shape index (κ3) is 3.30. The summed E-state index contributed by atoms with van der Waals surface area (Å²) in [6.07, 6.45) is 3.72. The van der Waals surface area contributed by atoms with Crippen molar-refractivity contribution >= 4 is 33.4 Å². The van der Waals surface area contributed by atoms with E-state index in [9.17, 15) is 4.79 Å². The maximum Gasteiger partial charge on any atom is 0.255 e. The van der Waals surface area contributed by atoms with Gasteiger partial charge in [0.25, 0.3) is 5.91 Å². The molecular weight excluding hydrogens is 330 g/mol. The normalized spacial score (nSPS) is 19.5. The van der Waals surface area contributed by atoms with Gasteiger partial charge in [-0.25, -0.2) is 0 Å². The number of hydrogen-bond donors (Lipinski definition) is 1. The van der Waals surface area contributed by atoms with Crippen molar-refractivity contribution in [3.05, 3.63) is 33.3 Å². The van der Waals surface area contributed by atoms with Crippen LogP contribution in [0, 0.1) is 0 Å². The van der Waals surface area contributed by atoms with Crippen molar-refractivity contribution in [2.45, 2.75) is 31.7 Å². The van der Waals surface area contributed by atoms with Crippen LogP contribution in [0.5, 0.6) is 0 Å². The van der Waals surface area contributed by atoms with Gasteiger partial charge in [0.2, 0.25) is 0 Å². The van der Waals surface area contributed by atoms with Crippen LogP contribution in [0.1, 0.15) is 36.0 Å². The van der Waals surface area contributed by atoms with E-state index in [1.54, 1.807) is 6.07 Å². The van der Waals surface area contributed by atoms with E-state index in [4.69, 9.17) is 16.7 Å². The molecule has 1 aliphatic heterocycles. The molecule has 104 valence electrons. The van der Waals surface area contributed by atoms with Crippen molar-refractivity contribution in [3.8, 4) is 0 Å². The Bertz CT molecular complexity index is 465. The van der Waals surface area contributed by atoms with E-state index in [1.165, 1.54) is 0 Å². The van der Waals surface area contributed by atoms with Gasteiger partial charge in [-0.15, -0.1) is 0 Å². The van der Waals surface area contributed by atoms with Gasteiger partial charge in [-0.05, 0) is 53.7 Å². The second-order valence-electron chi connectivity index (χ2n) is 4.76. The lowest BCUT2D eigenvalue weighted by molar-refractivity contribution is 0.0575. The van der Waals surface area contributed by atoms with Crippen molar-refractivity contribution < 1.29 is 9.90 Å². The Morgan fingerprint density at radius 3 is 3.00 bits per heavy atom. The highest BCUT2D eigenvalue weighted by Gasteiger charge is 2.28. The van der Waals surface area contributed by atoms with Crippen molar-refractivity contribution in [2.24, 2.45) is 0 Å². The first-order valence-corrected chi connectivity index (χ1v) is 7.68. The molecule has 0 bridgehead atoms. The van der Waals surface area contributed by atoms with E-state index in [0.29, 0.717) is 17.0 Å². The van der Waals surface area contributed by atoms with Crippen LogP contribution in [0.4, 0.5) is 0 Å². The second kappa shape index (κ2) is 6.73. The van der Waals surface area contributed by atoms with Crippen LogP contribution >= 0.6 is 27.5 Å². The Kier molecular flexibility index (Phi) is 5.25. The van der Waals surface area contributed by atoms with E-state index in [-0.39, 0.29) is 18.6 Å². The summed E-state index contributed by atoms with van der Waals surface area (Å²) in [5, 5.41) is 9.57. The molecule has 1 N–H and O–H groups in total. The van der Waals surface area contributed by atoms with Crippen molar-refractivity contribution in [1.82, 2.24) is 4.90 Å². The molecule has 3 nitrogen and oxygen atoms in total. The predicted molar refractivity (Wildman–Crippen MR) is 79.5 cm³/mol. The molecule has 1 aromatic carbocycles. The van der Waals surface area contributed by atoms with Crippen LogP contribution in [-0.4, -0.2) is 35.1 Å². The Balaban J connectivity index is 2.23. The Morgan fingerprint density at radius 2 is 2.26 bits per heavy atom. The monoisotopic (exact) mass is 345 g/mol. The molecule has 1 saturated heterocycles. The van der Waals surface area contributed by atoms with E-state index >= 15 is 0 Å². The molecule has 1 heterocycles. The zero-order chi connectivity index (χ0) is 13.8. The summed E-state index contributed by atoms with van der Waals surface area (Å²) in [4.78, 5) is 14.5. The van der Waals surface area contributed by atoms with E-state index < -0.39 is 0 Å². The molecule has 0 aromatic heterocycles. The summed E-state index contributed by atoms with van der Waals surface area (Å²) in [7, 11) is 0. The lowest BCUT2D eigenvalue weighted by Gasteiger charge is -2.35. The standard InChI is InChI=1S/C14H17BrClNO2/c15-12-6-3-5-11(13(12)16)14(19)17-8-2-1-4-10(17)7-9-18/h3,5-6,10,18H,1-2,4,7-9H2. The summed E-state index contributed by atoms with van der Waals surface area (Å²) >= 11 is 9.53. The van der Waals surface area contributed by atoms with Gasteiger partial charge in [-0.1, -0.05) is 17.7 Å². The highest BCUT2D eigenvalue weighted by Crippen LogP contribution is 2.29. The maximum atomic E-state index is 12.6. The summed E-state index contributed by atoms with van der Waals surface area (Å²) in [5.41, 5.74) is 0.529.